The zero-order chi connectivity index (χ0) is 17.6. The number of furan rings is 1. The van der Waals surface area contributed by atoms with E-state index in [2.05, 4.69) is 0 Å². The standard InChI is InChI=1S/C18H11NO4S2/c20-15(21)9-19-17(22)14(25-18(19)24)8-10-4-3-6-12-11-5-1-2-7-13(11)23-16(10)12/h1-8H,9H2,(H,20,21)/b14-8+. The second-order valence-corrected chi connectivity index (χ2v) is 7.16. The Morgan fingerprint density at radius 1 is 1.20 bits per heavy atom. The minimum atomic E-state index is -1.10. The van der Waals surface area contributed by atoms with Crippen LogP contribution in [0.5, 0.6) is 0 Å². The van der Waals surface area contributed by atoms with Crippen molar-refractivity contribution in [2.24, 2.45) is 0 Å². The number of rotatable bonds is 3. The van der Waals surface area contributed by atoms with Crippen LogP contribution in [0.15, 0.2) is 51.8 Å². The van der Waals surface area contributed by atoms with Crippen LogP contribution in [-0.2, 0) is 9.59 Å². The van der Waals surface area contributed by atoms with Crippen LogP contribution in [0.25, 0.3) is 28.0 Å². The number of benzene rings is 2. The van der Waals surface area contributed by atoms with E-state index in [9.17, 15) is 9.59 Å². The summed E-state index contributed by atoms with van der Waals surface area (Å²) in [6, 6.07) is 13.4. The van der Waals surface area contributed by atoms with Crippen LogP contribution in [0.2, 0.25) is 0 Å². The van der Waals surface area contributed by atoms with E-state index in [-0.39, 0.29) is 4.32 Å². The molecule has 0 radical (unpaired) electrons. The van der Waals surface area contributed by atoms with Crippen LogP contribution in [-0.4, -0.2) is 32.7 Å². The minimum absolute atomic E-state index is 0.246. The van der Waals surface area contributed by atoms with Crippen LogP contribution >= 0.6 is 24.0 Å². The first-order valence-corrected chi connectivity index (χ1v) is 8.64. The van der Waals surface area contributed by atoms with Crippen molar-refractivity contribution in [2.75, 3.05) is 6.54 Å². The number of carboxylic acids is 1. The smallest absolute Gasteiger partial charge is 0.323 e. The molecule has 1 amide bonds. The van der Waals surface area contributed by atoms with Crippen molar-refractivity contribution < 1.29 is 19.1 Å². The van der Waals surface area contributed by atoms with Gasteiger partial charge in [0.2, 0.25) is 0 Å². The number of para-hydroxylation sites is 2. The van der Waals surface area contributed by atoms with Crippen molar-refractivity contribution in [1.29, 1.82) is 0 Å². The van der Waals surface area contributed by atoms with Gasteiger partial charge in [-0.05, 0) is 12.1 Å². The van der Waals surface area contributed by atoms with Gasteiger partial charge in [-0.1, -0.05) is 60.4 Å². The molecule has 1 N–H and O–H groups in total. The molecule has 0 saturated carbocycles. The average Bonchev–Trinajstić information content (AvgIpc) is 3.08. The van der Waals surface area contributed by atoms with Crippen LogP contribution < -0.4 is 0 Å². The van der Waals surface area contributed by atoms with E-state index in [0.717, 1.165) is 38.6 Å². The highest BCUT2D eigenvalue weighted by molar-refractivity contribution is 8.26. The van der Waals surface area contributed by atoms with E-state index in [1.165, 1.54) is 0 Å². The minimum Gasteiger partial charge on any atom is -0.480 e. The predicted molar refractivity (Wildman–Crippen MR) is 101 cm³/mol. The predicted octanol–water partition coefficient (Wildman–Crippen LogP) is 3.87. The van der Waals surface area contributed by atoms with Crippen molar-refractivity contribution in [3.8, 4) is 0 Å². The molecule has 1 fully saturated rings. The van der Waals surface area contributed by atoms with E-state index in [4.69, 9.17) is 21.7 Å². The Labute approximate surface area is 151 Å². The van der Waals surface area contributed by atoms with Gasteiger partial charge in [0.15, 0.2) is 0 Å². The Hall–Kier alpha value is -2.64. The Bertz CT molecular complexity index is 1080. The van der Waals surface area contributed by atoms with Crippen LogP contribution in [0.1, 0.15) is 5.56 Å². The van der Waals surface area contributed by atoms with Gasteiger partial charge in [-0.2, -0.15) is 0 Å². The van der Waals surface area contributed by atoms with Gasteiger partial charge in [-0.3, -0.25) is 14.5 Å². The summed E-state index contributed by atoms with van der Waals surface area (Å²) in [5, 5.41) is 10.9. The van der Waals surface area contributed by atoms with Gasteiger partial charge in [0.1, 0.15) is 22.0 Å². The molecule has 2 aromatic carbocycles. The summed E-state index contributed by atoms with van der Waals surface area (Å²) < 4.78 is 6.19. The molecule has 4 rings (SSSR count). The fourth-order valence-corrected chi connectivity index (χ4v) is 4.04. The summed E-state index contributed by atoms with van der Waals surface area (Å²) in [5.74, 6) is -1.50. The van der Waals surface area contributed by atoms with E-state index in [1.807, 2.05) is 42.5 Å². The number of carbonyl (C=O) groups excluding carboxylic acids is 1. The third kappa shape index (κ3) is 2.71. The summed E-state index contributed by atoms with van der Waals surface area (Å²) in [7, 11) is 0. The zero-order valence-electron chi connectivity index (χ0n) is 12.8. The lowest BCUT2D eigenvalue weighted by Gasteiger charge is -2.10. The third-order valence-electron chi connectivity index (χ3n) is 3.89. The summed E-state index contributed by atoms with van der Waals surface area (Å²) in [6.45, 7) is -0.434. The largest absolute Gasteiger partial charge is 0.480 e. The number of nitrogens with zero attached hydrogens (tertiary/aromatic N) is 1. The fourth-order valence-electron chi connectivity index (χ4n) is 2.80. The highest BCUT2D eigenvalue weighted by Gasteiger charge is 2.33. The summed E-state index contributed by atoms with van der Waals surface area (Å²) in [6.07, 6.45) is 1.70. The second kappa shape index (κ2) is 6.02. The molecule has 2 heterocycles. The molecule has 25 heavy (non-hydrogen) atoms. The van der Waals surface area contributed by atoms with Crippen molar-refractivity contribution in [2.45, 2.75) is 0 Å². The molecular formula is C18H11NO4S2. The van der Waals surface area contributed by atoms with Gasteiger partial charge in [0.05, 0.1) is 4.91 Å². The number of fused-ring (bicyclic) bond motifs is 3. The molecule has 124 valence electrons. The lowest BCUT2D eigenvalue weighted by atomic mass is 10.1. The molecule has 5 nitrogen and oxygen atoms in total. The van der Waals surface area contributed by atoms with Crippen molar-refractivity contribution in [3.63, 3.8) is 0 Å². The number of aliphatic carboxylic acids is 1. The second-order valence-electron chi connectivity index (χ2n) is 5.48. The Morgan fingerprint density at radius 2 is 1.96 bits per heavy atom. The number of thiocarbonyl (C=S) groups is 1. The number of hydrogen-bond acceptors (Lipinski definition) is 5. The number of hydrogen-bond donors (Lipinski definition) is 1. The Balaban J connectivity index is 1.80. The highest BCUT2D eigenvalue weighted by atomic mass is 32.2. The SMILES string of the molecule is O=C(O)CN1C(=O)/C(=C\c2cccc3c2oc2ccccc23)SC1=S. The third-order valence-corrected chi connectivity index (χ3v) is 5.27. The molecule has 0 spiro atoms. The van der Waals surface area contributed by atoms with E-state index in [0.29, 0.717) is 10.5 Å². The summed E-state index contributed by atoms with van der Waals surface area (Å²) in [4.78, 5) is 24.8. The molecule has 0 unspecified atom stereocenters. The average molecular weight is 369 g/mol. The zero-order valence-corrected chi connectivity index (χ0v) is 14.4. The first kappa shape index (κ1) is 15.9. The first-order chi connectivity index (χ1) is 12.0. The Morgan fingerprint density at radius 3 is 2.76 bits per heavy atom. The maximum Gasteiger partial charge on any atom is 0.323 e. The summed E-state index contributed by atoms with van der Waals surface area (Å²) in [5.41, 5.74) is 2.22. The summed E-state index contributed by atoms with van der Waals surface area (Å²) >= 11 is 6.22. The van der Waals surface area contributed by atoms with Crippen molar-refractivity contribution >= 4 is 68.2 Å². The number of amides is 1. The molecule has 1 aliphatic rings. The van der Waals surface area contributed by atoms with Crippen LogP contribution in [0, 0.1) is 0 Å². The topological polar surface area (TPSA) is 70.8 Å². The molecule has 0 aliphatic carbocycles. The van der Waals surface area contributed by atoms with Gasteiger partial charge in [-0.15, -0.1) is 0 Å². The van der Waals surface area contributed by atoms with Crippen molar-refractivity contribution in [3.05, 3.63) is 52.9 Å². The van der Waals surface area contributed by atoms with Gasteiger partial charge >= 0.3 is 5.97 Å². The molecular weight excluding hydrogens is 358 g/mol. The quantitative estimate of drug-likeness (QED) is 0.558. The molecule has 0 bridgehead atoms. The normalized spacial score (nSPS) is 16.5. The van der Waals surface area contributed by atoms with Gasteiger partial charge < -0.3 is 9.52 Å². The molecule has 1 aromatic heterocycles. The molecule has 7 heteroatoms. The van der Waals surface area contributed by atoms with E-state index in [1.54, 1.807) is 6.08 Å². The molecule has 1 aliphatic heterocycles. The lowest BCUT2D eigenvalue weighted by Crippen LogP contribution is -2.33. The van der Waals surface area contributed by atoms with Gasteiger partial charge in [0, 0.05) is 16.3 Å². The first-order valence-electron chi connectivity index (χ1n) is 7.42. The maximum absolute atomic E-state index is 12.4. The van der Waals surface area contributed by atoms with Crippen molar-refractivity contribution in [1.82, 2.24) is 4.90 Å². The van der Waals surface area contributed by atoms with E-state index >= 15 is 0 Å². The molecule has 1 saturated heterocycles. The van der Waals surface area contributed by atoms with Gasteiger partial charge in [0.25, 0.3) is 5.91 Å². The van der Waals surface area contributed by atoms with Crippen LogP contribution in [0.4, 0.5) is 0 Å². The fraction of sp³-hybridized carbons (Fsp3) is 0.0556. The Kier molecular flexibility index (Phi) is 3.82. The maximum atomic E-state index is 12.4. The number of thioether (sulfide) groups is 1. The molecule has 0 atom stereocenters. The van der Waals surface area contributed by atoms with Crippen LogP contribution in [0.3, 0.4) is 0 Å². The monoisotopic (exact) mass is 369 g/mol. The highest BCUT2D eigenvalue weighted by Crippen LogP contribution is 2.36. The lowest BCUT2D eigenvalue weighted by molar-refractivity contribution is -0.140. The number of carboxylic acid groups (broad SMARTS) is 1. The van der Waals surface area contributed by atoms with E-state index < -0.39 is 18.4 Å². The number of carbonyl (C=O) groups is 2. The van der Waals surface area contributed by atoms with Gasteiger partial charge in [-0.25, -0.2) is 0 Å². The molecule has 3 aromatic rings.